The number of hydrogen-bond donors (Lipinski definition) is 1. The van der Waals surface area contributed by atoms with Crippen molar-refractivity contribution < 1.29 is 17.9 Å². The van der Waals surface area contributed by atoms with Gasteiger partial charge in [0.1, 0.15) is 0 Å². The van der Waals surface area contributed by atoms with Crippen LogP contribution in [0.1, 0.15) is 33.1 Å². The Kier molecular flexibility index (Phi) is 4.78. The van der Waals surface area contributed by atoms with Gasteiger partial charge < -0.3 is 10.1 Å². The molecule has 2 atom stereocenters. The molecule has 0 spiro atoms. The van der Waals surface area contributed by atoms with E-state index in [1.54, 1.807) is 6.07 Å². The number of halogens is 3. The molecule has 2 rings (SSSR count). The van der Waals surface area contributed by atoms with Crippen LogP contribution in [0.5, 0.6) is 5.75 Å². The zero-order valence-corrected chi connectivity index (χ0v) is 11.7. The predicted molar refractivity (Wildman–Crippen MR) is 72.6 cm³/mol. The molecule has 0 aliphatic heterocycles. The van der Waals surface area contributed by atoms with Crippen LogP contribution in [0.3, 0.4) is 0 Å². The van der Waals surface area contributed by atoms with Gasteiger partial charge in [-0.05, 0) is 43.2 Å². The summed E-state index contributed by atoms with van der Waals surface area (Å²) in [6, 6.07) is 4.32. The maximum Gasteiger partial charge on any atom is 0.387 e. The van der Waals surface area contributed by atoms with Crippen molar-refractivity contribution >= 4 is 5.69 Å². The van der Waals surface area contributed by atoms with Gasteiger partial charge in [-0.3, -0.25) is 0 Å². The SMILES string of the molecule is CC1CC(C)CC(Nc2ccc(OC(F)F)c(F)c2)C1. The van der Waals surface area contributed by atoms with E-state index >= 15 is 0 Å². The van der Waals surface area contributed by atoms with E-state index in [1.165, 1.54) is 18.6 Å². The molecule has 0 amide bonds. The van der Waals surface area contributed by atoms with E-state index < -0.39 is 18.2 Å². The van der Waals surface area contributed by atoms with Gasteiger partial charge in [0.15, 0.2) is 11.6 Å². The smallest absolute Gasteiger partial charge is 0.387 e. The first-order chi connectivity index (χ1) is 9.44. The number of ether oxygens (including phenoxy) is 1. The van der Waals surface area contributed by atoms with Crippen molar-refractivity contribution in [2.45, 2.75) is 45.8 Å². The summed E-state index contributed by atoms with van der Waals surface area (Å²) in [5, 5.41) is 3.28. The maximum absolute atomic E-state index is 13.6. The molecule has 1 aliphatic carbocycles. The molecule has 0 aromatic heterocycles. The Hall–Kier alpha value is -1.39. The minimum absolute atomic E-state index is 0.301. The molecule has 1 aromatic carbocycles. The van der Waals surface area contributed by atoms with Crippen LogP contribution in [0.15, 0.2) is 18.2 Å². The number of benzene rings is 1. The number of rotatable bonds is 4. The third-order valence-corrected chi connectivity index (χ3v) is 3.70. The van der Waals surface area contributed by atoms with E-state index in [2.05, 4.69) is 23.9 Å². The van der Waals surface area contributed by atoms with Crippen LogP contribution in [-0.2, 0) is 0 Å². The fourth-order valence-electron chi connectivity index (χ4n) is 3.08. The molecule has 0 radical (unpaired) electrons. The Balaban J connectivity index is 2.01. The van der Waals surface area contributed by atoms with Crippen molar-refractivity contribution in [2.24, 2.45) is 11.8 Å². The van der Waals surface area contributed by atoms with Crippen LogP contribution < -0.4 is 10.1 Å². The topological polar surface area (TPSA) is 21.3 Å². The molecule has 1 saturated carbocycles. The summed E-state index contributed by atoms with van der Waals surface area (Å²) in [4.78, 5) is 0. The molecule has 1 aromatic rings. The van der Waals surface area contributed by atoms with Crippen LogP contribution in [-0.4, -0.2) is 12.7 Å². The van der Waals surface area contributed by atoms with E-state index in [-0.39, 0.29) is 0 Å². The average Bonchev–Trinajstić information content (AvgIpc) is 2.31. The molecule has 2 nitrogen and oxygen atoms in total. The lowest BCUT2D eigenvalue weighted by atomic mass is 9.80. The Morgan fingerprint density at radius 1 is 1.15 bits per heavy atom. The highest BCUT2D eigenvalue weighted by Crippen LogP contribution is 2.31. The molecule has 1 fully saturated rings. The van der Waals surface area contributed by atoms with Gasteiger partial charge in [-0.15, -0.1) is 0 Å². The largest absolute Gasteiger partial charge is 0.432 e. The third kappa shape index (κ3) is 4.05. The highest BCUT2D eigenvalue weighted by molar-refractivity contribution is 5.48. The monoisotopic (exact) mass is 287 g/mol. The zero-order valence-electron chi connectivity index (χ0n) is 11.7. The highest BCUT2D eigenvalue weighted by atomic mass is 19.3. The van der Waals surface area contributed by atoms with Crippen LogP contribution >= 0.6 is 0 Å². The Morgan fingerprint density at radius 3 is 2.35 bits per heavy atom. The lowest BCUT2D eigenvalue weighted by Crippen LogP contribution is -2.30. The molecule has 20 heavy (non-hydrogen) atoms. The highest BCUT2D eigenvalue weighted by Gasteiger charge is 2.24. The predicted octanol–water partition coefficient (Wildman–Crippen LogP) is 4.66. The first-order valence-electron chi connectivity index (χ1n) is 6.95. The van der Waals surface area contributed by atoms with Gasteiger partial charge in [0.05, 0.1) is 0 Å². The average molecular weight is 287 g/mol. The second-order valence-corrected chi connectivity index (χ2v) is 5.78. The lowest BCUT2D eigenvalue weighted by Gasteiger charge is -2.32. The van der Waals surface area contributed by atoms with Crippen LogP contribution in [0.4, 0.5) is 18.9 Å². The van der Waals surface area contributed by atoms with E-state index in [9.17, 15) is 13.2 Å². The van der Waals surface area contributed by atoms with E-state index in [1.807, 2.05) is 0 Å². The van der Waals surface area contributed by atoms with Crippen molar-refractivity contribution in [1.29, 1.82) is 0 Å². The molecular formula is C15H20F3NO. The summed E-state index contributed by atoms with van der Waals surface area (Å²) >= 11 is 0. The Morgan fingerprint density at radius 2 is 1.80 bits per heavy atom. The summed E-state index contributed by atoms with van der Waals surface area (Å²) < 4.78 is 41.8. The fourth-order valence-corrected chi connectivity index (χ4v) is 3.08. The quantitative estimate of drug-likeness (QED) is 0.869. The summed E-state index contributed by atoms with van der Waals surface area (Å²) in [6.45, 7) is 1.41. The van der Waals surface area contributed by atoms with Gasteiger partial charge in [0.25, 0.3) is 0 Å². The summed E-state index contributed by atoms with van der Waals surface area (Å²) in [5.41, 5.74) is 0.607. The van der Waals surface area contributed by atoms with E-state index in [0.29, 0.717) is 23.6 Å². The van der Waals surface area contributed by atoms with Crippen molar-refractivity contribution in [3.05, 3.63) is 24.0 Å². The van der Waals surface area contributed by atoms with Gasteiger partial charge >= 0.3 is 6.61 Å². The van der Waals surface area contributed by atoms with Gasteiger partial charge in [-0.25, -0.2) is 4.39 Å². The van der Waals surface area contributed by atoms with Crippen molar-refractivity contribution in [2.75, 3.05) is 5.32 Å². The summed E-state index contributed by atoms with van der Waals surface area (Å²) in [7, 11) is 0. The van der Waals surface area contributed by atoms with Crippen LogP contribution in [0, 0.1) is 17.7 Å². The van der Waals surface area contributed by atoms with Gasteiger partial charge in [0, 0.05) is 17.8 Å². The molecule has 1 N–H and O–H groups in total. The number of hydrogen-bond acceptors (Lipinski definition) is 2. The first kappa shape index (κ1) is 15.0. The van der Waals surface area contributed by atoms with Crippen LogP contribution in [0.25, 0.3) is 0 Å². The van der Waals surface area contributed by atoms with Crippen molar-refractivity contribution in [3.63, 3.8) is 0 Å². The van der Waals surface area contributed by atoms with Gasteiger partial charge in [0.2, 0.25) is 0 Å². The Labute approximate surface area is 117 Å². The minimum atomic E-state index is -3.01. The van der Waals surface area contributed by atoms with E-state index in [0.717, 1.165) is 12.8 Å². The van der Waals surface area contributed by atoms with Gasteiger partial charge in [-0.1, -0.05) is 13.8 Å². The molecular weight excluding hydrogens is 267 g/mol. The molecule has 5 heteroatoms. The molecule has 112 valence electrons. The van der Waals surface area contributed by atoms with E-state index in [4.69, 9.17) is 0 Å². The minimum Gasteiger partial charge on any atom is -0.432 e. The normalized spacial score (nSPS) is 26.6. The third-order valence-electron chi connectivity index (χ3n) is 3.70. The second-order valence-electron chi connectivity index (χ2n) is 5.78. The number of anilines is 1. The molecule has 0 saturated heterocycles. The lowest BCUT2D eigenvalue weighted by molar-refractivity contribution is -0.0521. The molecule has 0 heterocycles. The standard InChI is InChI=1S/C15H20F3NO/c1-9-5-10(2)7-12(6-9)19-11-3-4-14(13(16)8-11)20-15(17)18/h3-4,8-10,12,15,19H,5-7H2,1-2H3. The summed E-state index contributed by atoms with van der Waals surface area (Å²) in [6.07, 6.45) is 3.30. The molecule has 1 aliphatic rings. The van der Waals surface area contributed by atoms with Crippen molar-refractivity contribution in [3.8, 4) is 5.75 Å². The molecule has 0 bridgehead atoms. The van der Waals surface area contributed by atoms with Crippen LogP contribution in [0.2, 0.25) is 0 Å². The fraction of sp³-hybridized carbons (Fsp3) is 0.600. The Bertz CT molecular complexity index is 443. The zero-order chi connectivity index (χ0) is 14.7. The first-order valence-corrected chi connectivity index (χ1v) is 6.95. The number of nitrogens with one attached hydrogen (secondary N) is 1. The maximum atomic E-state index is 13.6. The number of alkyl halides is 2. The second kappa shape index (κ2) is 6.37. The van der Waals surface area contributed by atoms with Gasteiger partial charge in [-0.2, -0.15) is 8.78 Å². The summed E-state index contributed by atoms with van der Waals surface area (Å²) in [5.74, 6) is 0.0909. The van der Waals surface area contributed by atoms with Crippen molar-refractivity contribution in [1.82, 2.24) is 0 Å². The molecule has 2 unspecified atom stereocenters.